The molecule has 1 atom stereocenters. The van der Waals surface area contributed by atoms with Crippen molar-refractivity contribution in [2.75, 3.05) is 11.6 Å². The number of hydrogen-bond acceptors (Lipinski definition) is 5. The Hall–Kier alpha value is -2.98. The second-order valence-electron chi connectivity index (χ2n) is 8.12. The van der Waals surface area contributed by atoms with Crippen LogP contribution < -0.4 is 10.1 Å². The van der Waals surface area contributed by atoms with Crippen LogP contribution in [0, 0.1) is 11.3 Å². The van der Waals surface area contributed by atoms with Gasteiger partial charge in [0.2, 0.25) is 5.91 Å². The Morgan fingerprint density at radius 3 is 2.73 bits per heavy atom. The van der Waals surface area contributed by atoms with E-state index in [1.54, 1.807) is 47.0 Å². The average molecular weight is 424 g/mol. The third-order valence-corrected chi connectivity index (χ3v) is 5.57. The van der Waals surface area contributed by atoms with E-state index in [1.165, 1.54) is 0 Å². The highest BCUT2D eigenvalue weighted by Gasteiger charge is 2.36. The van der Waals surface area contributed by atoms with Crippen molar-refractivity contribution in [2.24, 2.45) is 0 Å². The number of hydrogen-bond donors (Lipinski definition) is 1. The van der Waals surface area contributed by atoms with Crippen LogP contribution in [0.2, 0.25) is 0 Å². The minimum atomic E-state index is -0.492. The number of benzene rings is 2. The topological polar surface area (TPSA) is 82.4 Å². The predicted molar refractivity (Wildman–Crippen MR) is 117 cm³/mol. The summed E-state index contributed by atoms with van der Waals surface area (Å²) in [5.41, 5.74) is 1.46. The van der Waals surface area contributed by atoms with Crippen molar-refractivity contribution in [3.05, 3.63) is 65.2 Å². The molecule has 0 radical (unpaired) electrons. The van der Waals surface area contributed by atoms with Crippen LogP contribution in [0.15, 0.2) is 48.5 Å². The van der Waals surface area contributed by atoms with E-state index in [2.05, 4.69) is 11.4 Å². The summed E-state index contributed by atoms with van der Waals surface area (Å²) in [6, 6.07) is 15.8. The first kappa shape index (κ1) is 21.7. The molecular weight excluding hydrogens is 398 g/mol. The van der Waals surface area contributed by atoms with Crippen molar-refractivity contribution in [3.8, 4) is 11.8 Å². The number of nitriles is 1. The van der Waals surface area contributed by atoms with Gasteiger partial charge in [0.25, 0.3) is 5.91 Å². The number of rotatable bonds is 5. The highest BCUT2D eigenvalue weighted by atomic mass is 32.2. The van der Waals surface area contributed by atoms with Gasteiger partial charge in [0.15, 0.2) is 0 Å². The van der Waals surface area contributed by atoms with Gasteiger partial charge >= 0.3 is 0 Å². The van der Waals surface area contributed by atoms with Gasteiger partial charge < -0.3 is 15.0 Å². The molecule has 1 fully saturated rings. The largest absolute Gasteiger partial charge is 0.489 e. The third kappa shape index (κ3) is 5.33. The predicted octanol–water partition coefficient (Wildman–Crippen LogP) is 3.57. The van der Waals surface area contributed by atoms with E-state index in [4.69, 9.17) is 4.74 Å². The zero-order valence-corrected chi connectivity index (χ0v) is 18.2. The van der Waals surface area contributed by atoms with E-state index in [9.17, 15) is 14.9 Å². The highest BCUT2D eigenvalue weighted by molar-refractivity contribution is 7.99. The maximum Gasteiger partial charge on any atom is 0.255 e. The van der Waals surface area contributed by atoms with Crippen molar-refractivity contribution in [2.45, 2.75) is 39.0 Å². The second kappa shape index (κ2) is 9.23. The molecule has 2 aromatic carbocycles. The monoisotopic (exact) mass is 423 g/mol. The minimum absolute atomic E-state index is 0.138. The van der Waals surface area contributed by atoms with E-state index in [0.29, 0.717) is 28.5 Å². The maximum atomic E-state index is 13.1. The van der Waals surface area contributed by atoms with Crippen LogP contribution in [0.3, 0.4) is 0 Å². The number of amides is 2. The Morgan fingerprint density at radius 2 is 2.00 bits per heavy atom. The fourth-order valence-electron chi connectivity index (χ4n) is 3.11. The molecule has 156 valence electrons. The number of thioether (sulfide) groups is 1. The molecule has 7 heteroatoms. The van der Waals surface area contributed by atoms with E-state index >= 15 is 0 Å². The molecule has 2 aromatic rings. The lowest BCUT2D eigenvalue weighted by Gasteiger charge is -2.27. The number of ether oxygens (including phenoxy) is 1. The zero-order valence-electron chi connectivity index (χ0n) is 17.3. The molecule has 1 aliphatic rings. The Morgan fingerprint density at radius 1 is 1.23 bits per heavy atom. The molecule has 3 rings (SSSR count). The van der Waals surface area contributed by atoms with Gasteiger partial charge in [-0.2, -0.15) is 5.26 Å². The quantitative estimate of drug-likeness (QED) is 0.795. The molecule has 0 spiro atoms. The summed E-state index contributed by atoms with van der Waals surface area (Å²) in [6.45, 7) is 6.00. The Bertz CT molecular complexity index is 978. The van der Waals surface area contributed by atoms with Crippen molar-refractivity contribution in [3.63, 3.8) is 0 Å². The SMILES string of the molecule is CC(C)(C)NC(=O)C1CSCN1C(=O)c1cccc(OCc2ccccc2C#N)c1. The summed E-state index contributed by atoms with van der Waals surface area (Å²) in [5.74, 6) is 1.26. The third-order valence-electron chi connectivity index (χ3n) is 4.56. The lowest BCUT2D eigenvalue weighted by atomic mass is 10.1. The molecule has 0 aliphatic carbocycles. The lowest BCUT2D eigenvalue weighted by molar-refractivity contribution is -0.125. The normalized spacial score (nSPS) is 16.1. The van der Waals surface area contributed by atoms with Gasteiger partial charge in [-0.3, -0.25) is 9.59 Å². The van der Waals surface area contributed by atoms with Crippen LogP contribution in [0.4, 0.5) is 0 Å². The fourth-order valence-corrected chi connectivity index (χ4v) is 4.27. The molecule has 0 bridgehead atoms. The minimum Gasteiger partial charge on any atom is -0.489 e. The standard InChI is InChI=1S/C23H25N3O3S/c1-23(2,3)25-21(27)20-14-30-15-26(20)22(28)16-9-6-10-19(11-16)29-13-18-8-5-4-7-17(18)12-24/h4-11,20H,13-15H2,1-3H3,(H,25,27). The van der Waals surface area contributed by atoms with Crippen molar-refractivity contribution in [1.29, 1.82) is 5.26 Å². The fraction of sp³-hybridized carbons (Fsp3) is 0.348. The van der Waals surface area contributed by atoms with Gasteiger partial charge in [-0.1, -0.05) is 24.3 Å². The van der Waals surface area contributed by atoms with Crippen molar-refractivity contribution >= 4 is 23.6 Å². The Labute approximate surface area is 181 Å². The Kier molecular flexibility index (Phi) is 6.68. The molecule has 6 nitrogen and oxygen atoms in total. The van der Waals surface area contributed by atoms with Crippen molar-refractivity contribution in [1.82, 2.24) is 10.2 Å². The van der Waals surface area contributed by atoms with Crippen LogP contribution >= 0.6 is 11.8 Å². The summed E-state index contributed by atoms with van der Waals surface area (Å²) < 4.78 is 5.82. The molecular formula is C23H25N3O3S. The molecule has 0 aromatic heterocycles. The van der Waals surface area contributed by atoms with Crippen LogP contribution in [0.25, 0.3) is 0 Å². The molecule has 1 unspecified atom stereocenters. The summed E-state index contributed by atoms with van der Waals surface area (Å²) in [6.07, 6.45) is 0. The molecule has 1 N–H and O–H groups in total. The second-order valence-corrected chi connectivity index (χ2v) is 9.12. The molecule has 0 saturated carbocycles. The van der Waals surface area contributed by atoms with E-state index in [1.807, 2.05) is 39.0 Å². The Balaban J connectivity index is 1.71. The number of carbonyl (C=O) groups excluding carboxylic acids is 2. The van der Waals surface area contributed by atoms with Crippen molar-refractivity contribution < 1.29 is 14.3 Å². The van der Waals surface area contributed by atoms with Crippen LogP contribution in [-0.2, 0) is 11.4 Å². The summed E-state index contributed by atoms with van der Waals surface area (Å²) in [7, 11) is 0. The van der Waals surface area contributed by atoms with Gasteiger partial charge in [-0.25, -0.2) is 0 Å². The first-order chi connectivity index (χ1) is 14.3. The smallest absolute Gasteiger partial charge is 0.255 e. The van der Waals surface area contributed by atoms with Crippen LogP contribution in [-0.4, -0.2) is 39.9 Å². The van der Waals surface area contributed by atoms with E-state index in [-0.39, 0.29) is 24.0 Å². The average Bonchev–Trinajstić information content (AvgIpc) is 3.21. The zero-order chi connectivity index (χ0) is 21.7. The highest BCUT2D eigenvalue weighted by Crippen LogP contribution is 2.25. The van der Waals surface area contributed by atoms with E-state index in [0.717, 1.165) is 5.56 Å². The van der Waals surface area contributed by atoms with Gasteiger partial charge in [0.05, 0.1) is 17.5 Å². The molecule has 1 heterocycles. The number of nitrogens with one attached hydrogen (secondary N) is 1. The number of carbonyl (C=O) groups is 2. The van der Waals surface area contributed by atoms with Gasteiger partial charge in [0, 0.05) is 22.4 Å². The van der Waals surface area contributed by atoms with Gasteiger partial charge in [-0.15, -0.1) is 11.8 Å². The van der Waals surface area contributed by atoms with E-state index < -0.39 is 6.04 Å². The molecule has 1 saturated heterocycles. The van der Waals surface area contributed by atoms with Gasteiger partial charge in [-0.05, 0) is 45.0 Å². The summed E-state index contributed by atoms with van der Waals surface area (Å²) >= 11 is 1.57. The molecule has 1 aliphatic heterocycles. The first-order valence-electron chi connectivity index (χ1n) is 9.70. The van der Waals surface area contributed by atoms with Crippen LogP contribution in [0.1, 0.15) is 42.3 Å². The van der Waals surface area contributed by atoms with Gasteiger partial charge in [0.1, 0.15) is 18.4 Å². The summed E-state index contributed by atoms with van der Waals surface area (Å²) in [4.78, 5) is 27.3. The first-order valence-corrected chi connectivity index (χ1v) is 10.9. The van der Waals surface area contributed by atoms with Crippen LogP contribution in [0.5, 0.6) is 5.75 Å². The molecule has 2 amide bonds. The summed E-state index contributed by atoms with van der Waals surface area (Å²) in [5, 5.41) is 12.2. The molecule has 30 heavy (non-hydrogen) atoms. The number of nitrogens with zero attached hydrogens (tertiary/aromatic N) is 2. The lowest BCUT2D eigenvalue weighted by Crippen LogP contribution is -2.52. The maximum absolute atomic E-state index is 13.1.